The molecule has 1 aromatic carbocycles. The van der Waals surface area contributed by atoms with Gasteiger partial charge >= 0.3 is 0 Å². The summed E-state index contributed by atoms with van der Waals surface area (Å²) >= 11 is 5.66. The Balaban J connectivity index is 3.09. The van der Waals surface area contributed by atoms with Crippen LogP contribution in [0.4, 0.5) is 4.39 Å². The lowest BCUT2D eigenvalue weighted by Crippen LogP contribution is -2.34. The summed E-state index contributed by atoms with van der Waals surface area (Å²) in [7, 11) is 0. The normalized spacial score (nSPS) is 11.8. The maximum Gasteiger partial charge on any atom is 0.166 e. The molecule has 0 radical (unpaired) electrons. The Hall–Kier alpha value is -0.800. The highest BCUT2D eigenvalue weighted by Crippen LogP contribution is 2.28. The Morgan fingerprint density at radius 1 is 1.50 bits per heavy atom. The van der Waals surface area contributed by atoms with Crippen LogP contribution in [0, 0.1) is 5.82 Å². The lowest BCUT2D eigenvalue weighted by atomic mass is 9.95. The Labute approximate surface area is 87.5 Å². The quantitative estimate of drug-likeness (QED) is 0.800. The van der Waals surface area contributed by atoms with E-state index in [1.165, 1.54) is 6.07 Å². The molecular formula is C10H13ClFNO. The molecule has 0 aliphatic carbocycles. The number of phenolic OH excluding ortho intramolecular Hbond substituents is 1. The second kappa shape index (κ2) is 3.75. The first-order valence-corrected chi connectivity index (χ1v) is 4.63. The fraction of sp³-hybridized carbons (Fsp3) is 0.400. The average Bonchev–Trinajstić information content (AvgIpc) is 1.96. The zero-order chi connectivity index (χ0) is 10.9. The molecule has 78 valence electrons. The highest BCUT2D eigenvalue weighted by atomic mass is 35.5. The van der Waals surface area contributed by atoms with Crippen LogP contribution in [0.1, 0.15) is 19.4 Å². The van der Waals surface area contributed by atoms with Gasteiger partial charge in [0.15, 0.2) is 11.6 Å². The van der Waals surface area contributed by atoms with Gasteiger partial charge in [-0.05, 0) is 32.4 Å². The number of rotatable bonds is 2. The van der Waals surface area contributed by atoms with Crippen LogP contribution < -0.4 is 5.73 Å². The van der Waals surface area contributed by atoms with E-state index in [4.69, 9.17) is 17.3 Å². The van der Waals surface area contributed by atoms with E-state index in [2.05, 4.69) is 0 Å². The molecule has 4 heteroatoms. The summed E-state index contributed by atoms with van der Waals surface area (Å²) in [6.45, 7) is 3.59. The molecule has 3 N–H and O–H groups in total. The zero-order valence-electron chi connectivity index (χ0n) is 8.14. The van der Waals surface area contributed by atoms with Crippen LogP contribution in [-0.2, 0) is 6.42 Å². The Kier molecular flexibility index (Phi) is 3.02. The van der Waals surface area contributed by atoms with Crippen LogP contribution in [0.5, 0.6) is 5.75 Å². The molecule has 2 nitrogen and oxygen atoms in total. The van der Waals surface area contributed by atoms with Crippen LogP contribution in [0.15, 0.2) is 12.1 Å². The van der Waals surface area contributed by atoms with E-state index in [-0.39, 0.29) is 10.8 Å². The molecule has 0 saturated carbocycles. The van der Waals surface area contributed by atoms with Crippen molar-refractivity contribution in [3.63, 3.8) is 0 Å². The van der Waals surface area contributed by atoms with Crippen molar-refractivity contribution in [2.45, 2.75) is 25.8 Å². The summed E-state index contributed by atoms with van der Waals surface area (Å²) < 4.78 is 13.0. The van der Waals surface area contributed by atoms with Crippen molar-refractivity contribution in [1.29, 1.82) is 0 Å². The number of benzene rings is 1. The predicted molar refractivity (Wildman–Crippen MR) is 55.0 cm³/mol. The van der Waals surface area contributed by atoms with Crippen LogP contribution in [0.2, 0.25) is 5.02 Å². The minimum Gasteiger partial charge on any atom is -0.505 e. The van der Waals surface area contributed by atoms with Crippen LogP contribution in [0.25, 0.3) is 0 Å². The van der Waals surface area contributed by atoms with Crippen molar-refractivity contribution in [3.8, 4) is 5.75 Å². The van der Waals surface area contributed by atoms with Crippen molar-refractivity contribution in [2.75, 3.05) is 0 Å². The Bertz CT molecular complexity index is 347. The molecule has 1 aromatic rings. The zero-order valence-corrected chi connectivity index (χ0v) is 8.90. The maximum absolute atomic E-state index is 13.0. The largest absolute Gasteiger partial charge is 0.505 e. The van der Waals surface area contributed by atoms with Gasteiger partial charge in [-0.15, -0.1) is 0 Å². The van der Waals surface area contributed by atoms with Crippen molar-refractivity contribution in [3.05, 3.63) is 28.5 Å². The van der Waals surface area contributed by atoms with E-state index in [0.29, 0.717) is 12.0 Å². The van der Waals surface area contributed by atoms with E-state index in [0.717, 1.165) is 6.07 Å². The van der Waals surface area contributed by atoms with Crippen LogP contribution >= 0.6 is 11.6 Å². The summed E-state index contributed by atoms with van der Waals surface area (Å²) in [4.78, 5) is 0. The van der Waals surface area contributed by atoms with Gasteiger partial charge in [-0.2, -0.15) is 0 Å². The number of halogens is 2. The van der Waals surface area contributed by atoms with Gasteiger partial charge in [0, 0.05) is 16.1 Å². The first-order valence-electron chi connectivity index (χ1n) is 4.25. The standard InChI is InChI=1S/C10H13ClFNO/c1-10(2,13)5-6-3-7(11)4-8(12)9(6)14/h3-4,14H,5,13H2,1-2H3. The number of phenols is 1. The Morgan fingerprint density at radius 2 is 2.07 bits per heavy atom. The van der Waals surface area contributed by atoms with Crippen molar-refractivity contribution >= 4 is 11.6 Å². The third-order valence-electron chi connectivity index (χ3n) is 1.75. The fourth-order valence-electron chi connectivity index (χ4n) is 1.24. The third kappa shape index (κ3) is 2.86. The monoisotopic (exact) mass is 217 g/mol. The van der Waals surface area contributed by atoms with Gasteiger partial charge in [-0.25, -0.2) is 4.39 Å². The van der Waals surface area contributed by atoms with Gasteiger partial charge in [-0.1, -0.05) is 11.6 Å². The number of nitrogens with two attached hydrogens (primary N) is 1. The lowest BCUT2D eigenvalue weighted by Gasteiger charge is -2.19. The number of aromatic hydroxyl groups is 1. The van der Waals surface area contributed by atoms with Gasteiger partial charge in [-0.3, -0.25) is 0 Å². The van der Waals surface area contributed by atoms with E-state index < -0.39 is 11.4 Å². The Morgan fingerprint density at radius 3 is 2.57 bits per heavy atom. The first kappa shape index (κ1) is 11.3. The molecule has 14 heavy (non-hydrogen) atoms. The molecule has 0 bridgehead atoms. The van der Waals surface area contributed by atoms with Crippen molar-refractivity contribution in [1.82, 2.24) is 0 Å². The van der Waals surface area contributed by atoms with E-state index >= 15 is 0 Å². The van der Waals surface area contributed by atoms with Gasteiger partial charge in [0.25, 0.3) is 0 Å². The second-order valence-electron chi connectivity index (χ2n) is 4.06. The molecule has 0 amide bonds. The molecule has 1 rings (SSSR count). The minimum absolute atomic E-state index is 0.263. The van der Waals surface area contributed by atoms with Crippen molar-refractivity contribution in [2.24, 2.45) is 5.73 Å². The van der Waals surface area contributed by atoms with E-state index in [1.807, 2.05) is 0 Å². The minimum atomic E-state index is -0.711. The molecule has 0 aromatic heterocycles. The summed E-state index contributed by atoms with van der Waals surface area (Å²) in [5, 5.41) is 9.66. The molecule has 0 aliphatic rings. The number of hydrogen-bond acceptors (Lipinski definition) is 2. The molecule has 0 spiro atoms. The summed E-state index contributed by atoms with van der Waals surface area (Å²) in [6, 6.07) is 2.60. The molecule has 0 fully saturated rings. The molecule has 0 atom stereocenters. The molecule has 0 unspecified atom stereocenters. The van der Waals surface area contributed by atoms with E-state index in [9.17, 15) is 9.50 Å². The lowest BCUT2D eigenvalue weighted by molar-refractivity contribution is 0.415. The molecule has 0 heterocycles. The van der Waals surface area contributed by atoms with Gasteiger partial charge < -0.3 is 10.8 Å². The average molecular weight is 218 g/mol. The first-order chi connectivity index (χ1) is 6.29. The van der Waals surface area contributed by atoms with E-state index in [1.54, 1.807) is 13.8 Å². The predicted octanol–water partition coefficient (Wildman–Crippen LogP) is 2.46. The highest BCUT2D eigenvalue weighted by molar-refractivity contribution is 6.30. The number of hydrogen-bond donors (Lipinski definition) is 2. The van der Waals surface area contributed by atoms with Crippen molar-refractivity contribution < 1.29 is 9.50 Å². The van der Waals surface area contributed by atoms with Crippen LogP contribution in [0.3, 0.4) is 0 Å². The third-order valence-corrected chi connectivity index (χ3v) is 1.97. The molecular weight excluding hydrogens is 205 g/mol. The summed E-state index contributed by atoms with van der Waals surface area (Å²) in [5.41, 5.74) is 5.69. The van der Waals surface area contributed by atoms with Gasteiger partial charge in [0.2, 0.25) is 0 Å². The van der Waals surface area contributed by atoms with Gasteiger partial charge in [0.05, 0.1) is 0 Å². The highest BCUT2D eigenvalue weighted by Gasteiger charge is 2.17. The van der Waals surface area contributed by atoms with Crippen LogP contribution in [-0.4, -0.2) is 10.6 Å². The fourth-order valence-corrected chi connectivity index (χ4v) is 1.47. The molecule has 0 aliphatic heterocycles. The topological polar surface area (TPSA) is 46.2 Å². The SMILES string of the molecule is CC(C)(N)Cc1cc(Cl)cc(F)c1O. The van der Waals surface area contributed by atoms with Gasteiger partial charge in [0.1, 0.15) is 0 Å². The molecule has 0 saturated heterocycles. The maximum atomic E-state index is 13.0. The summed E-state index contributed by atoms with van der Waals surface area (Å²) in [5.74, 6) is -1.08. The summed E-state index contributed by atoms with van der Waals surface area (Å²) in [6.07, 6.45) is 0.371. The smallest absolute Gasteiger partial charge is 0.166 e. The second-order valence-corrected chi connectivity index (χ2v) is 4.50.